The van der Waals surface area contributed by atoms with Crippen LogP contribution in [0, 0.1) is 6.92 Å². The minimum atomic E-state index is -0.514. The second-order valence-corrected chi connectivity index (χ2v) is 7.95. The van der Waals surface area contributed by atoms with Crippen LogP contribution in [0.25, 0.3) is 5.65 Å². The Kier molecular flexibility index (Phi) is 4.47. The summed E-state index contributed by atoms with van der Waals surface area (Å²) >= 11 is 0. The zero-order valence-corrected chi connectivity index (χ0v) is 16.0. The number of carbonyl (C=O) groups excluding carboxylic acids is 1. The van der Waals surface area contributed by atoms with Crippen molar-refractivity contribution in [3.05, 3.63) is 29.2 Å². The van der Waals surface area contributed by atoms with Crippen LogP contribution in [0.1, 0.15) is 76.0 Å². The molecule has 1 amide bonds. The van der Waals surface area contributed by atoms with Gasteiger partial charge in [-0.05, 0) is 53.0 Å². The molecule has 1 aliphatic rings. The van der Waals surface area contributed by atoms with Crippen molar-refractivity contribution in [1.82, 2.24) is 19.5 Å². The number of rotatable bonds is 4. The van der Waals surface area contributed by atoms with Gasteiger partial charge in [-0.2, -0.15) is 5.10 Å². The lowest BCUT2D eigenvalue weighted by atomic mass is 10.1. The van der Waals surface area contributed by atoms with E-state index in [4.69, 9.17) is 14.8 Å². The lowest BCUT2D eigenvalue weighted by Crippen LogP contribution is -2.36. The fraction of sp³-hybridized carbons (Fsp3) is 0.632. The number of fused-ring (bicyclic) bond motifs is 1. The van der Waals surface area contributed by atoms with Gasteiger partial charge in [0.1, 0.15) is 5.60 Å². The van der Waals surface area contributed by atoms with Gasteiger partial charge in [0.25, 0.3) is 0 Å². The van der Waals surface area contributed by atoms with Gasteiger partial charge in [0.15, 0.2) is 5.65 Å². The molecule has 2 aromatic rings. The van der Waals surface area contributed by atoms with E-state index in [1.54, 1.807) is 11.9 Å². The maximum absolute atomic E-state index is 12.4. The van der Waals surface area contributed by atoms with E-state index >= 15 is 0 Å². The molecule has 0 aromatic carbocycles. The first-order valence-electron chi connectivity index (χ1n) is 9.02. The minimum absolute atomic E-state index is 0.139. The molecule has 1 atom stereocenters. The van der Waals surface area contributed by atoms with Gasteiger partial charge in [0, 0.05) is 30.4 Å². The van der Waals surface area contributed by atoms with E-state index in [0.717, 1.165) is 29.1 Å². The highest BCUT2D eigenvalue weighted by Crippen LogP contribution is 2.39. The summed E-state index contributed by atoms with van der Waals surface area (Å²) in [5.74, 6) is 0.605. The quantitative estimate of drug-likeness (QED) is 0.832. The molecule has 0 aliphatic heterocycles. The molecular formula is C19H28N4O2. The smallest absolute Gasteiger partial charge is 0.410 e. The van der Waals surface area contributed by atoms with Crippen LogP contribution in [0.4, 0.5) is 4.79 Å². The number of aryl methyl sites for hydroxylation is 1. The highest BCUT2D eigenvalue weighted by Gasteiger charge is 2.29. The maximum atomic E-state index is 12.4. The van der Waals surface area contributed by atoms with E-state index in [1.165, 1.54) is 12.8 Å². The molecule has 0 saturated heterocycles. The second-order valence-electron chi connectivity index (χ2n) is 7.95. The third kappa shape index (κ3) is 3.78. The van der Waals surface area contributed by atoms with Crippen molar-refractivity contribution in [3.63, 3.8) is 0 Å². The molecule has 2 aromatic heterocycles. The first kappa shape index (κ1) is 17.7. The monoisotopic (exact) mass is 344 g/mol. The van der Waals surface area contributed by atoms with E-state index in [2.05, 4.69) is 13.0 Å². The highest BCUT2D eigenvalue weighted by atomic mass is 16.6. The van der Waals surface area contributed by atoms with Gasteiger partial charge in [0.05, 0.1) is 11.7 Å². The van der Waals surface area contributed by atoms with Crippen LogP contribution >= 0.6 is 0 Å². The molecule has 2 heterocycles. The number of hydrogen-bond donors (Lipinski definition) is 0. The summed E-state index contributed by atoms with van der Waals surface area (Å²) in [6.45, 7) is 9.72. The number of nitrogens with zero attached hydrogens (tertiary/aromatic N) is 4. The van der Waals surface area contributed by atoms with Gasteiger partial charge in [-0.1, -0.05) is 6.92 Å². The standard InChI is InChI=1S/C19H28N4O2/c1-7-16(22(6)18(24)25-19(3,4)5)15-11-17-20-14(13-8-9-13)10-12(2)23(17)21-15/h10-11,13,16H,7-9H2,1-6H3. The van der Waals surface area contributed by atoms with Crippen LogP contribution < -0.4 is 0 Å². The zero-order chi connectivity index (χ0) is 18.4. The summed E-state index contributed by atoms with van der Waals surface area (Å²) in [4.78, 5) is 18.8. The number of aromatic nitrogens is 3. The van der Waals surface area contributed by atoms with Crippen LogP contribution in [0.3, 0.4) is 0 Å². The van der Waals surface area contributed by atoms with Crippen molar-refractivity contribution < 1.29 is 9.53 Å². The summed E-state index contributed by atoms with van der Waals surface area (Å²) in [5, 5.41) is 4.71. The average Bonchev–Trinajstić information content (AvgIpc) is 3.26. The highest BCUT2D eigenvalue weighted by molar-refractivity contribution is 5.68. The van der Waals surface area contributed by atoms with Crippen LogP contribution in [0.2, 0.25) is 0 Å². The Morgan fingerprint density at radius 1 is 1.40 bits per heavy atom. The molecule has 6 nitrogen and oxygen atoms in total. The Labute approximate surface area is 149 Å². The Balaban J connectivity index is 1.90. The second kappa shape index (κ2) is 6.32. The normalized spacial score (nSPS) is 16.1. The third-order valence-electron chi connectivity index (χ3n) is 4.52. The Bertz CT molecular complexity index is 787. The van der Waals surface area contributed by atoms with Crippen molar-refractivity contribution >= 4 is 11.7 Å². The molecule has 1 unspecified atom stereocenters. The first-order valence-corrected chi connectivity index (χ1v) is 9.02. The molecule has 136 valence electrons. The predicted octanol–water partition coefficient (Wildman–Crippen LogP) is 4.23. The van der Waals surface area contributed by atoms with E-state index < -0.39 is 5.60 Å². The SMILES string of the molecule is CCC(c1cc2nc(C3CC3)cc(C)n2n1)N(C)C(=O)OC(C)(C)C. The summed E-state index contributed by atoms with van der Waals surface area (Å²) in [6, 6.07) is 3.98. The molecule has 1 saturated carbocycles. The molecular weight excluding hydrogens is 316 g/mol. The van der Waals surface area contributed by atoms with Crippen LogP contribution in [-0.2, 0) is 4.74 Å². The van der Waals surface area contributed by atoms with Crippen LogP contribution in [-0.4, -0.2) is 38.2 Å². The van der Waals surface area contributed by atoms with Gasteiger partial charge in [-0.25, -0.2) is 14.3 Å². The number of carbonyl (C=O) groups is 1. The topological polar surface area (TPSA) is 59.7 Å². The van der Waals surface area contributed by atoms with Gasteiger partial charge in [-0.3, -0.25) is 0 Å². The number of amides is 1. The van der Waals surface area contributed by atoms with E-state index in [-0.39, 0.29) is 12.1 Å². The summed E-state index contributed by atoms with van der Waals surface area (Å²) in [5.41, 5.74) is 3.42. The minimum Gasteiger partial charge on any atom is -0.444 e. The molecule has 1 aliphatic carbocycles. The van der Waals surface area contributed by atoms with Crippen LogP contribution in [0.15, 0.2) is 12.1 Å². The Morgan fingerprint density at radius 3 is 2.64 bits per heavy atom. The van der Waals surface area contributed by atoms with Gasteiger partial charge >= 0.3 is 6.09 Å². The molecule has 0 N–H and O–H groups in total. The predicted molar refractivity (Wildman–Crippen MR) is 96.7 cm³/mol. The third-order valence-corrected chi connectivity index (χ3v) is 4.52. The van der Waals surface area contributed by atoms with Crippen molar-refractivity contribution in [3.8, 4) is 0 Å². The summed E-state index contributed by atoms with van der Waals surface area (Å²) in [7, 11) is 1.77. The molecule has 25 heavy (non-hydrogen) atoms. The lowest BCUT2D eigenvalue weighted by molar-refractivity contribution is 0.0212. The lowest BCUT2D eigenvalue weighted by Gasteiger charge is -2.29. The average molecular weight is 344 g/mol. The van der Waals surface area contributed by atoms with Gasteiger partial charge < -0.3 is 9.64 Å². The number of ether oxygens (including phenoxy) is 1. The van der Waals surface area contributed by atoms with Gasteiger partial charge in [-0.15, -0.1) is 0 Å². The van der Waals surface area contributed by atoms with Crippen molar-refractivity contribution in [2.45, 2.75) is 71.4 Å². The zero-order valence-electron chi connectivity index (χ0n) is 16.0. The van der Waals surface area contributed by atoms with Crippen LogP contribution in [0.5, 0.6) is 0 Å². The van der Waals surface area contributed by atoms with E-state index in [9.17, 15) is 4.79 Å². The van der Waals surface area contributed by atoms with Gasteiger partial charge in [0.2, 0.25) is 0 Å². The van der Waals surface area contributed by atoms with Crippen molar-refractivity contribution in [2.75, 3.05) is 7.05 Å². The molecule has 0 spiro atoms. The summed E-state index contributed by atoms with van der Waals surface area (Å²) in [6.07, 6.45) is 2.87. The number of hydrogen-bond acceptors (Lipinski definition) is 4. The fourth-order valence-electron chi connectivity index (χ4n) is 3.06. The molecule has 3 rings (SSSR count). The van der Waals surface area contributed by atoms with E-state index in [1.807, 2.05) is 38.3 Å². The Hall–Kier alpha value is -2.11. The fourth-order valence-corrected chi connectivity index (χ4v) is 3.06. The van der Waals surface area contributed by atoms with Crippen molar-refractivity contribution in [1.29, 1.82) is 0 Å². The van der Waals surface area contributed by atoms with E-state index in [0.29, 0.717) is 5.92 Å². The largest absolute Gasteiger partial charge is 0.444 e. The maximum Gasteiger partial charge on any atom is 0.410 e. The molecule has 6 heteroatoms. The van der Waals surface area contributed by atoms with Crippen molar-refractivity contribution in [2.24, 2.45) is 0 Å². The first-order chi connectivity index (χ1) is 11.7. The molecule has 1 fully saturated rings. The summed E-state index contributed by atoms with van der Waals surface area (Å²) < 4.78 is 7.37. The Morgan fingerprint density at radius 2 is 2.08 bits per heavy atom. The molecule has 0 radical (unpaired) electrons. The molecule has 0 bridgehead atoms.